The summed E-state index contributed by atoms with van der Waals surface area (Å²) < 4.78 is 255. The molecule has 0 saturated heterocycles. The van der Waals surface area contributed by atoms with Crippen molar-refractivity contribution in [1.29, 1.82) is 0 Å². The van der Waals surface area contributed by atoms with E-state index in [1.54, 1.807) is 5.16 Å². The first kappa shape index (κ1) is 35.2. The zero-order valence-electron chi connectivity index (χ0n) is 20.3. The third-order valence-electron chi connectivity index (χ3n) is 6.11. The highest BCUT2D eigenvalue weighted by Gasteiger charge is 2.86. The minimum absolute atomic E-state index is 0.116. The van der Waals surface area contributed by atoms with E-state index in [1.165, 1.54) is 24.3 Å². The second-order valence-electron chi connectivity index (χ2n) is 8.91. The topological polar surface area (TPSA) is 55.7 Å². The van der Waals surface area contributed by atoms with Crippen LogP contribution in [-0.4, -0.2) is 61.6 Å². The highest BCUT2D eigenvalue weighted by atomic mass is 32.2. The van der Waals surface area contributed by atoms with E-state index in [2.05, 4.69) is 4.28 Å². The Morgan fingerprint density at radius 1 is 0.705 bits per heavy atom. The first-order valence-corrected chi connectivity index (χ1v) is 12.4. The molecule has 3 rings (SSSR count). The first-order valence-electron chi connectivity index (χ1n) is 10.9. The minimum Gasteiger partial charge on any atom is -0.263 e. The van der Waals surface area contributed by atoms with Crippen LogP contribution in [0.3, 0.4) is 0 Å². The number of alkyl halides is 17. The number of benzene rings is 2. The number of hydrogen-bond donors (Lipinski definition) is 0. The van der Waals surface area contributed by atoms with Crippen molar-refractivity contribution < 1.29 is 87.3 Å². The molecule has 0 amide bonds. The van der Waals surface area contributed by atoms with Crippen LogP contribution in [0.5, 0.6) is 0 Å². The van der Waals surface area contributed by atoms with Crippen LogP contribution in [0.2, 0.25) is 0 Å². The molecule has 0 atom stereocenters. The summed E-state index contributed by atoms with van der Waals surface area (Å²) >= 11 is 0. The maximum absolute atomic E-state index is 14.9. The monoisotopic (exact) mass is 691 g/mol. The molecule has 22 heteroatoms. The molecule has 4 nitrogen and oxygen atoms in total. The van der Waals surface area contributed by atoms with E-state index in [4.69, 9.17) is 0 Å². The van der Waals surface area contributed by atoms with Crippen LogP contribution in [0.25, 0.3) is 11.1 Å². The highest BCUT2D eigenvalue weighted by Crippen LogP contribution is 2.55. The molecule has 0 spiro atoms. The van der Waals surface area contributed by atoms with Crippen molar-refractivity contribution in [2.24, 2.45) is 5.16 Å². The van der Waals surface area contributed by atoms with Crippen LogP contribution >= 0.6 is 0 Å². The van der Waals surface area contributed by atoms with Gasteiger partial charge in [-0.3, -0.25) is 4.28 Å². The summed E-state index contributed by atoms with van der Waals surface area (Å²) in [6, 6.07) is 7.11. The number of rotatable bonds is 10. The van der Waals surface area contributed by atoms with Crippen LogP contribution in [0, 0.1) is 0 Å². The third kappa shape index (κ3) is 5.01. The van der Waals surface area contributed by atoms with Gasteiger partial charge in [0, 0.05) is 5.56 Å². The van der Waals surface area contributed by atoms with Crippen molar-refractivity contribution in [2.45, 2.75) is 53.9 Å². The number of halogens is 17. The average molecular weight is 691 g/mol. The fourth-order valence-electron chi connectivity index (χ4n) is 3.73. The lowest BCUT2D eigenvalue weighted by Gasteiger charge is -2.33. The Balaban J connectivity index is 2.22. The van der Waals surface area contributed by atoms with E-state index in [-0.39, 0.29) is 23.6 Å². The van der Waals surface area contributed by atoms with E-state index < -0.39 is 68.9 Å². The third-order valence-corrected chi connectivity index (χ3v) is 7.26. The lowest BCUT2D eigenvalue weighted by molar-refractivity contribution is -0.382. The van der Waals surface area contributed by atoms with Crippen LogP contribution in [-0.2, 0) is 20.8 Å². The number of nitrogens with zero attached hydrogens (tertiary/aromatic N) is 1. The molecule has 0 unspecified atom stereocenters. The number of oxime groups is 1. The van der Waals surface area contributed by atoms with Crippen LogP contribution in [0.1, 0.15) is 16.7 Å². The standard InChI is InChI=1S/C22H10F17NO3S/c23-15(24)17(27,28)18(29,30)16(25,26)14(10-5-6-13-11(8-10)7-9-3-1-2-4-12(9)13)40-43-44(41,42)22(38,39)20(33,34)19(31,32)21(35,36)37/h1-6,8,15H,7H2/b40-14+. The summed E-state index contributed by atoms with van der Waals surface area (Å²) in [4.78, 5) is 0. The van der Waals surface area contributed by atoms with Crippen LogP contribution in [0.4, 0.5) is 74.6 Å². The van der Waals surface area contributed by atoms with Gasteiger partial charge >= 0.3 is 57.6 Å². The zero-order chi connectivity index (χ0) is 34.1. The Bertz CT molecular complexity index is 1570. The fourth-order valence-corrected chi connectivity index (χ4v) is 4.44. The van der Waals surface area contributed by atoms with Gasteiger partial charge in [-0.05, 0) is 34.7 Å². The van der Waals surface area contributed by atoms with Crippen molar-refractivity contribution >= 4 is 15.8 Å². The molecule has 0 aliphatic heterocycles. The smallest absolute Gasteiger partial charge is 0.263 e. The summed E-state index contributed by atoms with van der Waals surface area (Å²) in [5.41, 5.74) is -4.19. The number of hydrogen-bond acceptors (Lipinski definition) is 4. The Morgan fingerprint density at radius 2 is 1.23 bits per heavy atom. The molecular formula is C22H10F17NO3S. The molecule has 1 aliphatic rings. The lowest BCUT2D eigenvalue weighted by atomic mass is 9.93. The molecule has 0 bridgehead atoms. The maximum atomic E-state index is 14.9. The summed E-state index contributed by atoms with van der Waals surface area (Å²) in [5.74, 6) is -37.1. The fraction of sp³-hybridized carbons (Fsp3) is 0.409. The minimum atomic E-state index is -8.14. The van der Waals surface area contributed by atoms with E-state index >= 15 is 0 Å². The predicted molar refractivity (Wildman–Crippen MR) is 113 cm³/mol. The van der Waals surface area contributed by atoms with Gasteiger partial charge in [-0.1, -0.05) is 41.6 Å². The lowest BCUT2D eigenvalue weighted by Crippen LogP contribution is -2.63. The largest absolute Gasteiger partial charge is 0.460 e. The quantitative estimate of drug-likeness (QED) is 0.124. The summed E-state index contributed by atoms with van der Waals surface area (Å²) in [5, 5.41) is -6.18. The normalized spacial score (nSPS) is 15.8. The van der Waals surface area contributed by atoms with Gasteiger partial charge in [-0.25, -0.2) is 8.78 Å². The van der Waals surface area contributed by atoms with Gasteiger partial charge in [0.25, 0.3) is 0 Å². The first-order chi connectivity index (χ1) is 19.6. The molecule has 0 saturated carbocycles. The Morgan fingerprint density at radius 3 is 1.75 bits per heavy atom. The van der Waals surface area contributed by atoms with Gasteiger partial charge in [0.2, 0.25) is 0 Å². The van der Waals surface area contributed by atoms with Crippen molar-refractivity contribution in [3.8, 4) is 11.1 Å². The van der Waals surface area contributed by atoms with Crippen LogP contribution in [0.15, 0.2) is 47.6 Å². The van der Waals surface area contributed by atoms with Crippen LogP contribution < -0.4 is 0 Å². The zero-order valence-corrected chi connectivity index (χ0v) is 21.1. The van der Waals surface area contributed by atoms with Gasteiger partial charge < -0.3 is 0 Å². The molecule has 0 radical (unpaired) electrons. The van der Waals surface area contributed by atoms with Gasteiger partial charge in [0.15, 0.2) is 5.71 Å². The van der Waals surface area contributed by atoms with E-state index in [9.17, 15) is 83.1 Å². The van der Waals surface area contributed by atoms with Crippen molar-refractivity contribution in [3.63, 3.8) is 0 Å². The molecule has 2 aromatic carbocycles. The Kier molecular flexibility index (Phi) is 8.28. The Hall–Kier alpha value is -3.33. The van der Waals surface area contributed by atoms with Crippen molar-refractivity contribution in [1.82, 2.24) is 0 Å². The summed E-state index contributed by atoms with van der Waals surface area (Å²) in [7, 11) is -8.14. The van der Waals surface area contributed by atoms with Crippen molar-refractivity contribution in [3.05, 3.63) is 59.2 Å². The van der Waals surface area contributed by atoms with E-state index in [1.807, 2.05) is 0 Å². The summed E-state index contributed by atoms with van der Waals surface area (Å²) in [6.45, 7) is 0. The molecule has 0 aromatic heterocycles. The maximum Gasteiger partial charge on any atom is 0.460 e. The van der Waals surface area contributed by atoms with Gasteiger partial charge in [-0.15, -0.1) is 0 Å². The molecule has 44 heavy (non-hydrogen) atoms. The molecule has 1 aliphatic carbocycles. The molecule has 0 heterocycles. The molecule has 246 valence electrons. The Labute approximate surface area is 233 Å². The second kappa shape index (κ2) is 10.4. The SMILES string of the molecule is O=S(=O)(O/N=C(\c1ccc2c(c1)Cc1ccccc1-2)C(F)(F)C(F)(F)C(F)(F)C(F)F)C(F)(F)C(F)(F)C(F)(F)C(F)(F)F. The van der Waals surface area contributed by atoms with Crippen molar-refractivity contribution in [2.75, 3.05) is 0 Å². The van der Waals surface area contributed by atoms with Gasteiger partial charge in [-0.2, -0.15) is 74.3 Å². The summed E-state index contributed by atoms with van der Waals surface area (Å²) in [6.07, 6.45) is -13.4. The average Bonchev–Trinajstić information content (AvgIpc) is 3.25. The van der Waals surface area contributed by atoms with Gasteiger partial charge in [0.1, 0.15) is 0 Å². The highest BCUT2D eigenvalue weighted by molar-refractivity contribution is 7.87. The van der Waals surface area contributed by atoms with E-state index in [0.717, 1.165) is 6.07 Å². The predicted octanol–water partition coefficient (Wildman–Crippen LogP) is 7.91. The number of fused-ring (bicyclic) bond motifs is 3. The van der Waals surface area contributed by atoms with E-state index in [0.29, 0.717) is 17.2 Å². The van der Waals surface area contributed by atoms with Gasteiger partial charge in [0.05, 0.1) is 0 Å². The molecule has 2 aromatic rings. The molecular weight excluding hydrogens is 681 g/mol. The molecule has 0 N–H and O–H groups in total. The second-order valence-corrected chi connectivity index (χ2v) is 10.5. The molecule has 0 fully saturated rings.